The lowest BCUT2D eigenvalue weighted by atomic mass is 10.2. The van der Waals surface area contributed by atoms with Crippen molar-refractivity contribution in [3.63, 3.8) is 0 Å². The van der Waals surface area contributed by atoms with Crippen molar-refractivity contribution < 1.29 is 9.53 Å². The molecule has 0 bridgehead atoms. The molecule has 17 heavy (non-hydrogen) atoms. The van der Waals surface area contributed by atoms with Gasteiger partial charge in [-0.2, -0.15) is 0 Å². The van der Waals surface area contributed by atoms with E-state index in [1.54, 1.807) is 6.92 Å². The number of hydrogen-bond acceptors (Lipinski definition) is 3. The lowest BCUT2D eigenvalue weighted by Crippen LogP contribution is -2.38. The molecule has 1 aromatic carbocycles. The molecule has 0 heterocycles. The van der Waals surface area contributed by atoms with E-state index in [-0.39, 0.29) is 5.91 Å². The molecular formula is C13H20N2O2. The van der Waals surface area contributed by atoms with E-state index in [0.29, 0.717) is 19.8 Å². The first-order valence-corrected chi connectivity index (χ1v) is 5.85. The summed E-state index contributed by atoms with van der Waals surface area (Å²) in [4.78, 5) is 11.1. The van der Waals surface area contributed by atoms with E-state index < -0.39 is 6.04 Å². The number of ether oxygens (including phenoxy) is 1. The van der Waals surface area contributed by atoms with Crippen LogP contribution in [0.3, 0.4) is 0 Å². The van der Waals surface area contributed by atoms with E-state index in [4.69, 9.17) is 10.5 Å². The zero-order valence-electron chi connectivity index (χ0n) is 10.2. The van der Waals surface area contributed by atoms with Crippen LogP contribution in [-0.2, 0) is 16.1 Å². The molecule has 0 spiro atoms. The summed E-state index contributed by atoms with van der Waals surface area (Å²) in [6.45, 7) is 3.52. The maximum absolute atomic E-state index is 11.1. The first-order chi connectivity index (χ1) is 8.20. The van der Waals surface area contributed by atoms with E-state index in [1.807, 2.05) is 30.3 Å². The molecule has 0 aliphatic rings. The number of nitrogens with two attached hydrogens (primary N) is 1. The van der Waals surface area contributed by atoms with E-state index in [0.717, 1.165) is 12.0 Å². The zero-order chi connectivity index (χ0) is 12.5. The van der Waals surface area contributed by atoms with Gasteiger partial charge in [-0.1, -0.05) is 30.3 Å². The number of rotatable bonds is 7. The van der Waals surface area contributed by atoms with Crippen LogP contribution < -0.4 is 11.1 Å². The second-order valence-corrected chi connectivity index (χ2v) is 3.97. The summed E-state index contributed by atoms with van der Waals surface area (Å²) in [5.74, 6) is -0.118. The SMILES string of the molecule is C[C@@H](N)C(=O)NCCCOCc1ccccc1. The van der Waals surface area contributed by atoms with Crippen LogP contribution in [0.2, 0.25) is 0 Å². The lowest BCUT2D eigenvalue weighted by molar-refractivity contribution is -0.122. The summed E-state index contributed by atoms with van der Waals surface area (Å²) < 4.78 is 5.48. The first-order valence-electron chi connectivity index (χ1n) is 5.85. The van der Waals surface area contributed by atoms with Gasteiger partial charge in [0.2, 0.25) is 5.91 Å². The Morgan fingerprint density at radius 2 is 2.12 bits per heavy atom. The van der Waals surface area contributed by atoms with E-state index in [2.05, 4.69) is 5.32 Å². The minimum Gasteiger partial charge on any atom is -0.377 e. The largest absolute Gasteiger partial charge is 0.377 e. The summed E-state index contributed by atoms with van der Waals surface area (Å²) in [7, 11) is 0. The van der Waals surface area contributed by atoms with Gasteiger partial charge >= 0.3 is 0 Å². The fraction of sp³-hybridized carbons (Fsp3) is 0.462. The van der Waals surface area contributed by atoms with Gasteiger partial charge in [-0.05, 0) is 18.9 Å². The molecule has 4 heteroatoms. The van der Waals surface area contributed by atoms with Crippen molar-refractivity contribution in [1.29, 1.82) is 0 Å². The number of carbonyl (C=O) groups excluding carboxylic acids is 1. The number of nitrogens with one attached hydrogen (secondary N) is 1. The van der Waals surface area contributed by atoms with Crippen molar-refractivity contribution in [1.82, 2.24) is 5.32 Å². The predicted molar refractivity (Wildman–Crippen MR) is 67.4 cm³/mol. The van der Waals surface area contributed by atoms with E-state index in [1.165, 1.54) is 0 Å². The quantitative estimate of drug-likeness (QED) is 0.696. The summed E-state index contributed by atoms with van der Waals surface area (Å²) in [6.07, 6.45) is 0.797. The van der Waals surface area contributed by atoms with Crippen LogP contribution in [0.4, 0.5) is 0 Å². The highest BCUT2D eigenvalue weighted by Gasteiger charge is 2.04. The van der Waals surface area contributed by atoms with Gasteiger partial charge < -0.3 is 15.8 Å². The third-order valence-electron chi connectivity index (χ3n) is 2.29. The number of benzene rings is 1. The smallest absolute Gasteiger partial charge is 0.236 e. The molecule has 94 valence electrons. The lowest BCUT2D eigenvalue weighted by Gasteiger charge is -2.08. The molecule has 0 fully saturated rings. The molecule has 1 amide bonds. The molecule has 0 unspecified atom stereocenters. The van der Waals surface area contributed by atoms with Crippen molar-refractivity contribution >= 4 is 5.91 Å². The second-order valence-electron chi connectivity index (χ2n) is 3.97. The fourth-order valence-electron chi connectivity index (χ4n) is 1.31. The number of hydrogen-bond donors (Lipinski definition) is 2. The van der Waals surface area contributed by atoms with Crippen molar-refractivity contribution in [3.05, 3.63) is 35.9 Å². The fourth-order valence-corrected chi connectivity index (χ4v) is 1.31. The van der Waals surface area contributed by atoms with Gasteiger partial charge in [0.05, 0.1) is 12.6 Å². The van der Waals surface area contributed by atoms with Crippen LogP contribution in [0, 0.1) is 0 Å². The summed E-state index contributed by atoms with van der Waals surface area (Å²) in [5.41, 5.74) is 6.57. The van der Waals surface area contributed by atoms with Crippen molar-refractivity contribution in [3.8, 4) is 0 Å². The summed E-state index contributed by atoms with van der Waals surface area (Å²) in [6, 6.07) is 9.56. The van der Waals surface area contributed by atoms with Gasteiger partial charge in [0.1, 0.15) is 0 Å². The van der Waals surface area contributed by atoms with Gasteiger partial charge in [-0.25, -0.2) is 0 Å². The number of carbonyl (C=O) groups is 1. The van der Waals surface area contributed by atoms with Gasteiger partial charge in [0.25, 0.3) is 0 Å². The summed E-state index contributed by atoms with van der Waals surface area (Å²) in [5, 5.41) is 2.74. The van der Waals surface area contributed by atoms with Crippen LogP contribution in [0.15, 0.2) is 30.3 Å². The molecule has 1 aromatic rings. The molecule has 0 aliphatic carbocycles. The van der Waals surface area contributed by atoms with Gasteiger partial charge in [0, 0.05) is 13.2 Å². The summed E-state index contributed by atoms with van der Waals surface area (Å²) >= 11 is 0. The Hall–Kier alpha value is -1.39. The minimum atomic E-state index is -0.444. The average Bonchev–Trinajstić information content (AvgIpc) is 2.34. The normalized spacial score (nSPS) is 12.1. The molecule has 1 atom stereocenters. The van der Waals surface area contributed by atoms with Crippen molar-refractivity contribution in [2.45, 2.75) is 26.0 Å². The maximum atomic E-state index is 11.1. The van der Waals surface area contributed by atoms with Gasteiger partial charge in [0.15, 0.2) is 0 Å². The van der Waals surface area contributed by atoms with E-state index >= 15 is 0 Å². The third kappa shape index (κ3) is 6.04. The number of amides is 1. The molecule has 1 rings (SSSR count). The maximum Gasteiger partial charge on any atom is 0.236 e. The second kappa shape index (κ2) is 7.81. The van der Waals surface area contributed by atoms with E-state index in [9.17, 15) is 4.79 Å². The van der Waals surface area contributed by atoms with Crippen LogP contribution in [-0.4, -0.2) is 25.1 Å². The van der Waals surface area contributed by atoms with Crippen LogP contribution >= 0.6 is 0 Å². The molecule has 0 radical (unpaired) electrons. The third-order valence-corrected chi connectivity index (χ3v) is 2.29. The highest BCUT2D eigenvalue weighted by Crippen LogP contribution is 2.00. The van der Waals surface area contributed by atoms with Gasteiger partial charge in [-0.3, -0.25) is 4.79 Å². The molecule has 0 saturated carbocycles. The average molecular weight is 236 g/mol. The first kappa shape index (κ1) is 13.7. The molecule has 3 N–H and O–H groups in total. The Balaban J connectivity index is 2.00. The minimum absolute atomic E-state index is 0.118. The zero-order valence-corrected chi connectivity index (χ0v) is 10.2. The monoisotopic (exact) mass is 236 g/mol. The standard InChI is InChI=1S/C13H20N2O2/c1-11(14)13(16)15-8-5-9-17-10-12-6-3-2-4-7-12/h2-4,6-7,11H,5,8-10,14H2,1H3,(H,15,16)/t11-/m1/s1. The molecule has 0 aliphatic heterocycles. The Morgan fingerprint density at radius 3 is 2.76 bits per heavy atom. The van der Waals surface area contributed by atoms with Crippen molar-refractivity contribution in [2.24, 2.45) is 5.73 Å². The molecule has 0 saturated heterocycles. The Morgan fingerprint density at radius 1 is 1.41 bits per heavy atom. The molecule has 0 aromatic heterocycles. The molecular weight excluding hydrogens is 216 g/mol. The Bertz CT molecular complexity index is 325. The van der Waals surface area contributed by atoms with Crippen LogP contribution in [0.5, 0.6) is 0 Å². The van der Waals surface area contributed by atoms with Crippen molar-refractivity contribution in [2.75, 3.05) is 13.2 Å². The predicted octanol–water partition coefficient (Wildman–Crippen LogP) is 1.06. The van der Waals surface area contributed by atoms with Crippen LogP contribution in [0.25, 0.3) is 0 Å². The highest BCUT2D eigenvalue weighted by atomic mass is 16.5. The highest BCUT2D eigenvalue weighted by molar-refractivity contribution is 5.80. The van der Waals surface area contributed by atoms with Crippen LogP contribution in [0.1, 0.15) is 18.9 Å². The topological polar surface area (TPSA) is 64.4 Å². The Labute approximate surface area is 102 Å². The Kier molecular flexibility index (Phi) is 6.29. The van der Waals surface area contributed by atoms with Gasteiger partial charge in [-0.15, -0.1) is 0 Å². The molecule has 4 nitrogen and oxygen atoms in total.